The van der Waals surface area contributed by atoms with Gasteiger partial charge in [-0.2, -0.15) is 12.6 Å². The Labute approximate surface area is 99.7 Å². The normalized spacial score (nSPS) is 13.0. The van der Waals surface area contributed by atoms with Crippen LogP contribution in [0.2, 0.25) is 0 Å². The molecule has 0 bridgehead atoms. The van der Waals surface area contributed by atoms with Gasteiger partial charge in [-0.15, -0.1) is 0 Å². The minimum Gasteiger partial charge on any atom is -0.252 e. The molecule has 0 fully saturated rings. The second kappa shape index (κ2) is 12.3. The van der Waals surface area contributed by atoms with E-state index in [0.29, 0.717) is 6.61 Å². The average molecular weight is 234 g/mol. The zero-order valence-corrected chi connectivity index (χ0v) is 10.8. The molecule has 92 valence electrons. The highest BCUT2D eigenvalue weighted by molar-refractivity contribution is 7.81. The Bertz CT molecular complexity index is 120. The molecule has 0 aromatic carbocycles. The van der Waals surface area contributed by atoms with Crippen molar-refractivity contribution in [2.75, 3.05) is 6.61 Å². The minimum absolute atomic E-state index is 0.190. The number of rotatable bonds is 11. The van der Waals surface area contributed by atoms with E-state index in [9.17, 15) is 0 Å². The second-order valence-electron chi connectivity index (χ2n) is 4.21. The fourth-order valence-electron chi connectivity index (χ4n) is 1.68. The van der Waals surface area contributed by atoms with E-state index in [1.54, 1.807) is 0 Å². The summed E-state index contributed by atoms with van der Waals surface area (Å²) in [5.74, 6) is 0. The maximum atomic E-state index is 8.21. The van der Waals surface area contributed by atoms with E-state index in [1.807, 2.05) is 0 Å². The van der Waals surface area contributed by atoms with Gasteiger partial charge in [0.2, 0.25) is 0 Å². The predicted octanol–water partition coefficient (Wildman–Crippen LogP) is 4.31. The molecule has 0 aromatic rings. The zero-order chi connectivity index (χ0) is 11.4. The number of unbranched alkanes of at least 4 members (excludes halogenated alkanes) is 7. The van der Waals surface area contributed by atoms with Crippen LogP contribution in [-0.2, 0) is 4.89 Å². The third kappa shape index (κ3) is 12.2. The van der Waals surface area contributed by atoms with Crippen molar-refractivity contribution in [3.05, 3.63) is 0 Å². The van der Waals surface area contributed by atoms with E-state index in [0.717, 1.165) is 6.42 Å². The third-order valence-electron chi connectivity index (χ3n) is 2.66. The molecule has 1 unspecified atom stereocenters. The topological polar surface area (TPSA) is 29.5 Å². The summed E-state index contributed by atoms with van der Waals surface area (Å²) in [5, 5.41) is 8.40. The Kier molecular flexibility index (Phi) is 12.6. The minimum atomic E-state index is 0.190. The summed E-state index contributed by atoms with van der Waals surface area (Å²) >= 11 is 4.30. The van der Waals surface area contributed by atoms with Crippen LogP contribution in [0.15, 0.2) is 0 Å². The van der Waals surface area contributed by atoms with Crippen LogP contribution in [0.5, 0.6) is 0 Å². The fourth-order valence-corrected chi connectivity index (χ4v) is 1.93. The first kappa shape index (κ1) is 15.3. The number of hydrogen-bond acceptors (Lipinski definition) is 3. The summed E-state index contributed by atoms with van der Waals surface area (Å²) in [5.41, 5.74) is 0. The van der Waals surface area contributed by atoms with Gasteiger partial charge < -0.3 is 0 Å². The quantitative estimate of drug-likeness (QED) is 0.241. The van der Waals surface area contributed by atoms with Crippen LogP contribution < -0.4 is 0 Å². The molecule has 0 saturated carbocycles. The van der Waals surface area contributed by atoms with Crippen molar-refractivity contribution in [1.82, 2.24) is 0 Å². The van der Waals surface area contributed by atoms with Crippen molar-refractivity contribution in [2.45, 2.75) is 70.0 Å². The van der Waals surface area contributed by atoms with Gasteiger partial charge >= 0.3 is 0 Å². The molecule has 1 N–H and O–H groups in total. The lowest BCUT2D eigenvalue weighted by Crippen LogP contribution is -2.07. The predicted molar refractivity (Wildman–Crippen MR) is 68.6 cm³/mol. The van der Waals surface area contributed by atoms with Crippen molar-refractivity contribution in [1.29, 1.82) is 0 Å². The van der Waals surface area contributed by atoms with Gasteiger partial charge in [0, 0.05) is 5.25 Å². The van der Waals surface area contributed by atoms with Gasteiger partial charge in [-0.05, 0) is 6.42 Å². The van der Waals surface area contributed by atoms with E-state index >= 15 is 0 Å². The lowest BCUT2D eigenvalue weighted by molar-refractivity contribution is -0.241. The molecule has 0 aliphatic heterocycles. The molecule has 1 atom stereocenters. The molecule has 0 aliphatic carbocycles. The van der Waals surface area contributed by atoms with Gasteiger partial charge in [0.1, 0.15) is 0 Å². The molecule has 0 heterocycles. The Balaban J connectivity index is 2.98. The summed E-state index contributed by atoms with van der Waals surface area (Å²) in [7, 11) is 0. The largest absolute Gasteiger partial charge is 0.252 e. The molecular formula is C12H26O2S. The summed E-state index contributed by atoms with van der Waals surface area (Å²) in [6.07, 6.45) is 11.7. The highest BCUT2D eigenvalue weighted by atomic mass is 32.1. The number of hydrogen-bond donors (Lipinski definition) is 2. The van der Waals surface area contributed by atoms with Gasteiger partial charge in [0.05, 0.1) is 6.61 Å². The van der Waals surface area contributed by atoms with Crippen LogP contribution >= 0.6 is 12.6 Å². The SMILES string of the molecule is CCCCCCCCCCC(S)COO. The standard InChI is InChI=1S/C12H26O2S/c1-2-3-4-5-6-7-8-9-10-12(15)11-14-13/h12-13,15H,2-11H2,1H3. The van der Waals surface area contributed by atoms with Gasteiger partial charge in [-0.1, -0.05) is 58.3 Å². The maximum Gasteiger partial charge on any atom is 0.0935 e. The molecule has 2 nitrogen and oxygen atoms in total. The first-order valence-corrected chi connectivity index (χ1v) is 6.77. The lowest BCUT2D eigenvalue weighted by Gasteiger charge is -2.07. The van der Waals surface area contributed by atoms with Crippen LogP contribution in [0.25, 0.3) is 0 Å². The van der Waals surface area contributed by atoms with Crippen molar-refractivity contribution < 1.29 is 10.1 Å². The molecule has 0 amide bonds. The molecule has 0 saturated heterocycles. The Hall–Kier alpha value is 0.270. The molecule has 15 heavy (non-hydrogen) atoms. The molecule has 0 aromatic heterocycles. The van der Waals surface area contributed by atoms with Crippen molar-refractivity contribution in [2.24, 2.45) is 0 Å². The van der Waals surface area contributed by atoms with Crippen LogP contribution in [0, 0.1) is 0 Å². The van der Waals surface area contributed by atoms with Gasteiger partial charge in [0.15, 0.2) is 0 Å². The molecular weight excluding hydrogens is 208 g/mol. The van der Waals surface area contributed by atoms with E-state index in [-0.39, 0.29) is 5.25 Å². The molecule has 0 aliphatic rings. The van der Waals surface area contributed by atoms with E-state index < -0.39 is 0 Å². The van der Waals surface area contributed by atoms with Crippen LogP contribution in [-0.4, -0.2) is 17.1 Å². The van der Waals surface area contributed by atoms with Gasteiger partial charge in [0.25, 0.3) is 0 Å². The lowest BCUT2D eigenvalue weighted by atomic mass is 10.1. The maximum absolute atomic E-state index is 8.21. The van der Waals surface area contributed by atoms with Crippen molar-refractivity contribution in [3.8, 4) is 0 Å². The second-order valence-corrected chi connectivity index (χ2v) is 4.94. The average Bonchev–Trinajstić information content (AvgIpc) is 2.22. The highest BCUT2D eigenvalue weighted by Crippen LogP contribution is 2.12. The molecule has 0 rings (SSSR count). The van der Waals surface area contributed by atoms with Crippen LogP contribution in [0.1, 0.15) is 64.7 Å². The Morgan fingerprint density at radius 1 is 1.00 bits per heavy atom. The van der Waals surface area contributed by atoms with E-state index in [2.05, 4.69) is 24.4 Å². The first-order valence-electron chi connectivity index (χ1n) is 6.25. The van der Waals surface area contributed by atoms with Gasteiger partial charge in [-0.3, -0.25) is 5.26 Å². The smallest absolute Gasteiger partial charge is 0.0935 e. The first-order chi connectivity index (χ1) is 7.31. The summed E-state index contributed by atoms with van der Waals surface area (Å²) in [4.78, 5) is 4.05. The van der Waals surface area contributed by atoms with Crippen LogP contribution in [0.3, 0.4) is 0 Å². The van der Waals surface area contributed by atoms with Gasteiger partial charge in [-0.25, -0.2) is 4.89 Å². The summed E-state index contributed by atoms with van der Waals surface area (Å²) < 4.78 is 0. The van der Waals surface area contributed by atoms with Crippen molar-refractivity contribution >= 4 is 12.6 Å². The van der Waals surface area contributed by atoms with E-state index in [4.69, 9.17) is 5.26 Å². The molecule has 3 heteroatoms. The van der Waals surface area contributed by atoms with Crippen LogP contribution in [0.4, 0.5) is 0 Å². The molecule has 0 spiro atoms. The fraction of sp³-hybridized carbons (Fsp3) is 1.00. The zero-order valence-electron chi connectivity index (χ0n) is 9.95. The van der Waals surface area contributed by atoms with Crippen molar-refractivity contribution in [3.63, 3.8) is 0 Å². The summed E-state index contributed by atoms with van der Waals surface area (Å²) in [6.45, 7) is 2.59. The highest BCUT2D eigenvalue weighted by Gasteiger charge is 2.02. The third-order valence-corrected chi connectivity index (χ3v) is 3.07. The molecule has 0 radical (unpaired) electrons. The number of thiol groups is 1. The Morgan fingerprint density at radius 3 is 2.07 bits per heavy atom. The summed E-state index contributed by atoms with van der Waals surface area (Å²) in [6, 6.07) is 0. The Morgan fingerprint density at radius 2 is 1.53 bits per heavy atom. The van der Waals surface area contributed by atoms with E-state index in [1.165, 1.54) is 51.4 Å². The monoisotopic (exact) mass is 234 g/mol.